The van der Waals surface area contributed by atoms with Gasteiger partial charge >= 0.3 is 11.9 Å². The maximum absolute atomic E-state index is 12.8. The van der Waals surface area contributed by atoms with Crippen molar-refractivity contribution < 1.29 is 28.9 Å². The SMILES string of the molecule is O=C(O)COc1cc(-c2ccc(F)cc2)sc1C(=O)O. The van der Waals surface area contributed by atoms with E-state index < -0.39 is 24.4 Å². The smallest absolute Gasteiger partial charge is 0.349 e. The molecule has 0 aliphatic heterocycles. The van der Waals surface area contributed by atoms with Crippen LogP contribution in [0.3, 0.4) is 0 Å². The Bertz CT molecular complexity index is 647. The van der Waals surface area contributed by atoms with Crippen LogP contribution < -0.4 is 4.74 Å². The molecule has 2 rings (SSSR count). The molecule has 0 bridgehead atoms. The molecule has 1 heterocycles. The number of carbonyl (C=O) groups is 2. The third-order valence-electron chi connectivity index (χ3n) is 2.37. The number of rotatable bonds is 5. The summed E-state index contributed by atoms with van der Waals surface area (Å²) in [5.74, 6) is -2.81. The van der Waals surface area contributed by atoms with Crippen molar-refractivity contribution in [1.82, 2.24) is 0 Å². The summed E-state index contributed by atoms with van der Waals surface area (Å²) in [6, 6.07) is 6.96. The Balaban J connectivity index is 2.35. The Morgan fingerprint density at radius 3 is 2.40 bits per heavy atom. The monoisotopic (exact) mass is 296 g/mol. The van der Waals surface area contributed by atoms with Gasteiger partial charge in [-0.25, -0.2) is 14.0 Å². The fourth-order valence-electron chi connectivity index (χ4n) is 1.53. The zero-order valence-corrected chi connectivity index (χ0v) is 10.8. The van der Waals surface area contributed by atoms with Crippen molar-refractivity contribution in [3.8, 4) is 16.2 Å². The third-order valence-corrected chi connectivity index (χ3v) is 3.53. The lowest BCUT2D eigenvalue weighted by molar-refractivity contribution is -0.139. The van der Waals surface area contributed by atoms with Gasteiger partial charge in [-0.2, -0.15) is 0 Å². The molecule has 0 spiro atoms. The average molecular weight is 296 g/mol. The van der Waals surface area contributed by atoms with Gasteiger partial charge < -0.3 is 14.9 Å². The lowest BCUT2D eigenvalue weighted by Gasteiger charge is -2.00. The number of aliphatic carboxylic acids is 1. The average Bonchev–Trinajstić information content (AvgIpc) is 2.81. The summed E-state index contributed by atoms with van der Waals surface area (Å²) >= 11 is 0.938. The Morgan fingerprint density at radius 2 is 1.85 bits per heavy atom. The van der Waals surface area contributed by atoms with Gasteiger partial charge in [0.05, 0.1) is 0 Å². The summed E-state index contributed by atoms with van der Waals surface area (Å²) < 4.78 is 17.8. The van der Waals surface area contributed by atoms with Gasteiger partial charge in [0.1, 0.15) is 11.6 Å². The van der Waals surface area contributed by atoms with Crippen LogP contribution in [-0.4, -0.2) is 28.8 Å². The number of carboxylic acid groups (broad SMARTS) is 2. The summed E-state index contributed by atoms with van der Waals surface area (Å²) in [5, 5.41) is 17.6. The third kappa shape index (κ3) is 3.12. The van der Waals surface area contributed by atoms with Crippen LogP contribution in [0.15, 0.2) is 30.3 Å². The minimum atomic E-state index is -1.20. The van der Waals surface area contributed by atoms with Crippen LogP contribution in [-0.2, 0) is 4.79 Å². The van der Waals surface area contributed by atoms with Crippen molar-refractivity contribution in [3.63, 3.8) is 0 Å². The summed E-state index contributed by atoms with van der Waals surface area (Å²) in [4.78, 5) is 22.0. The van der Waals surface area contributed by atoms with Crippen molar-refractivity contribution >= 4 is 23.3 Å². The van der Waals surface area contributed by atoms with Gasteiger partial charge in [0.15, 0.2) is 11.5 Å². The summed E-state index contributed by atoms with van der Waals surface area (Å²) in [6.07, 6.45) is 0. The van der Waals surface area contributed by atoms with E-state index in [1.54, 1.807) is 0 Å². The second-order valence-corrected chi connectivity index (χ2v) is 4.85. The first-order valence-corrected chi connectivity index (χ1v) is 6.26. The Labute approximate surface area is 116 Å². The van der Waals surface area contributed by atoms with Gasteiger partial charge in [0.25, 0.3) is 0 Å². The molecule has 0 fully saturated rings. The predicted molar refractivity (Wildman–Crippen MR) is 69.8 cm³/mol. The highest BCUT2D eigenvalue weighted by atomic mass is 32.1. The highest BCUT2D eigenvalue weighted by molar-refractivity contribution is 7.17. The van der Waals surface area contributed by atoms with E-state index in [2.05, 4.69) is 0 Å². The van der Waals surface area contributed by atoms with Gasteiger partial charge in [-0.05, 0) is 23.8 Å². The highest BCUT2D eigenvalue weighted by Crippen LogP contribution is 2.36. The van der Waals surface area contributed by atoms with Crippen LogP contribution in [0.5, 0.6) is 5.75 Å². The minimum absolute atomic E-state index is 0.00998. The zero-order chi connectivity index (χ0) is 14.7. The fourth-order valence-corrected chi connectivity index (χ4v) is 2.47. The molecule has 1 aromatic carbocycles. The van der Waals surface area contributed by atoms with E-state index in [4.69, 9.17) is 14.9 Å². The minimum Gasteiger partial charge on any atom is -0.480 e. The number of ether oxygens (including phenoxy) is 1. The van der Waals surface area contributed by atoms with Crippen molar-refractivity contribution in [3.05, 3.63) is 41.0 Å². The van der Waals surface area contributed by atoms with E-state index in [9.17, 15) is 14.0 Å². The highest BCUT2D eigenvalue weighted by Gasteiger charge is 2.18. The van der Waals surface area contributed by atoms with Gasteiger partial charge in [0, 0.05) is 4.88 Å². The molecule has 2 N–H and O–H groups in total. The molecule has 0 aliphatic rings. The van der Waals surface area contributed by atoms with Gasteiger partial charge in [-0.3, -0.25) is 0 Å². The molecule has 0 atom stereocenters. The number of hydrogen-bond donors (Lipinski definition) is 2. The molecule has 2 aromatic rings. The summed E-state index contributed by atoms with van der Waals surface area (Å²) in [6.45, 7) is -0.625. The topological polar surface area (TPSA) is 83.8 Å². The Hall–Kier alpha value is -2.41. The molecule has 0 saturated carbocycles. The van der Waals surface area contributed by atoms with E-state index >= 15 is 0 Å². The second kappa shape index (κ2) is 5.70. The van der Waals surface area contributed by atoms with Crippen LogP contribution in [0, 0.1) is 5.82 Å². The molecular weight excluding hydrogens is 287 g/mol. The van der Waals surface area contributed by atoms with Crippen LogP contribution in [0.4, 0.5) is 4.39 Å². The van der Waals surface area contributed by atoms with Crippen molar-refractivity contribution in [2.24, 2.45) is 0 Å². The Kier molecular flexibility index (Phi) is 3.99. The number of halogens is 1. The second-order valence-electron chi connectivity index (χ2n) is 3.80. The molecule has 0 amide bonds. The first-order valence-electron chi connectivity index (χ1n) is 5.45. The van der Waals surface area contributed by atoms with Crippen LogP contribution in [0.2, 0.25) is 0 Å². The first-order chi connectivity index (χ1) is 9.47. The van der Waals surface area contributed by atoms with E-state index in [-0.39, 0.29) is 10.6 Å². The van der Waals surface area contributed by atoms with Crippen molar-refractivity contribution in [2.75, 3.05) is 6.61 Å². The Morgan fingerprint density at radius 1 is 1.20 bits per heavy atom. The van der Waals surface area contributed by atoms with Crippen LogP contribution in [0.25, 0.3) is 10.4 Å². The zero-order valence-electron chi connectivity index (χ0n) is 10.00. The van der Waals surface area contributed by atoms with Gasteiger partial charge in [-0.15, -0.1) is 11.3 Å². The molecule has 0 radical (unpaired) electrons. The van der Waals surface area contributed by atoms with Crippen LogP contribution >= 0.6 is 11.3 Å². The summed E-state index contributed by atoms with van der Waals surface area (Å²) in [7, 11) is 0. The standard InChI is InChI=1S/C13H9FO5S/c14-8-3-1-7(2-4-8)10-5-9(19-6-11(15)16)12(20-10)13(17)18/h1-5H,6H2,(H,15,16)(H,17,18). The predicted octanol–water partition coefficient (Wildman–Crippen LogP) is 2.72. The lowest BCUT2D eigenvalue weighted by Crippen LogP contribution is -2.10. The first kappa shape index (κ1) is 14.0. The van der Waals surface area contributed by atoms with Crippen molar-refractivity contribution in [2.45, 2.75) is 0 Å². The van der Waals surface area contributed by atoms with E-state index in [1.165, 1.54) is 30.3 Å². The number of carboxylic acids is 2. The lowest BCUT2D eigenvalue weighted by atomic mass is 10.2. The molecule has 5 nitrogen and oxygen atoms in total. The van der Waals surface area contributed by atoms with E-state index in [1.807, 2.05) is 0 Å². The molecule has 0 unspecified atom stereocenters. The van der Waals surface area contributed by atoms with Gasteiger partial charge in [-0.1, -0.05) is 12.1 Å². The normalized spacial score (nSPS) is 10.2. The molecule has 0 aliphatic carbocycles. The van der Waals surface area contributed by atoms with E-state index in [0.29, 0.717) is 10.4 Å². The molecule has 1 aromatic heterocycles. The quantitative estimate of drug-likeness (QED) is 0.886. The van der Waals surface area contributed by atoms with E-state index in [0.717, 1.165) is 11.3 Å². The maximum atomic E-state index is 12.8. The number of hydrogen-bond acceptors (Lipinski definition) is 4. The number of thiophene rings is 1. The maximum Gasteiger partial charge on any atom is 0.349 e. The molecular formula is C13H9FO5S. The number of benzene rings is 1. The molecule has 20 heavy (non-hydrogen) atoms. The number of aromatic carboxylic acids is 1. The fraction of sp³-hybridized carbons (Fsp3) is 0.0769. The molecule has 0 saturated heterocycles. The van der Waals surface area contributed by atoms with Crippen LogP contribution in [0.1, 0.15) is 9.67 Å². The summed E-state index contributed by atoms with van der Waals surface area (Å²) in [5.41, 5.74) is 0.629. The molecule has 7 heteroatoms. The van der Waals surface area contributed by atoms with Gasteiger partial charge in [0.2, 0.25) is 0 Å². The largest absolute Gasteiger partial charge is 0.480 e. The van der Waals surface area contributed by atoms with Crippen molar-refractivity contribution in [1.29, 1.82) is 0 Å². The molecule has 104 valence electrons.